The molecule has 4 heterocycles. The molecule has 0 unspecified atom stereocenters. The molecule has 2 fully saturated rings. The first-order valence-corrected chi connectivity index (χ1v) is 11.3. The predicted molar refractivity (Wildman–Crippen MR) is 123 cm³/mol. The standard InChI is InChI=1S/C17H13BrFN3O.C6H13NO/c18-14-7-12(19)8-20-17(14)23-13-9-22(10-13)16-6-5-11-3-1-2-4-15(11)21-16;8-5-6-1-3-7-4-2-6/h1-8,13H,9-10H2;6-8H,1-5H2. The van der Waals surface area contributed by atoms with Crippen molar-refractivity contribution in [3.8, 4) is 5.88 Å². The summed E-state index contributed by atoms with van der Waals surface area (Å²) in [7, 11) is 0. The number of ether oxygens (including phenoxy) is 1. The van der Waals surface area contributed by atoms with Crippen molar-refractivity contribution in [2.24, 2.45) is 5.92 Å². The molecule has 8 heteroatoms. The SMILES string of the molecule is Fc1cnc(OC2CN(c3ccc4ccccc4n3)C2)c(Br)c1.OCC1CCNCC1. The highest BCUT2D eigenvalue weighted by Crippen LogP contribution is 2.28. The Morgan fingerprint density at radius 1 is 1.16 bits per heavy atom. The second kappa shape index (κ2) is 10.3. The summed E-state index contributed by atoms with van der Waals surface area (Å²) in [4.78, 5) is 10.8. The molecule has 2 aliphatic rings. The summed E-state index contributed by atoms with van der Waals surface area (Å²) >= 11 is 3.26. The van der Waals surface area contributed by atoms with Crippen molar-refractivity contribution in [2.45, 2.75) is 18.9 Å². The fraction of sp³-hybridized carbons (Fsp3) is 0.391. The van der Waals surface area contributed by atoms with Crippen LogP contribution in [0.3, 0.4) is 0 Å². The number of nitrogens with zero attached hydrogens (tertiary/aromatic N) is 3. The molecule has 0 saturated carbocycles. The Morgan fingerprint density at radius 2 is 1.94 bits per heavy atom. The van der Waals surface area contributed by atoms with E-state index in [9.17, 15) is 4.39 Å². The van der Waals surface area contributed by atoms with Gasteiger partial charge in [0, 0.05) is 12.0 Å². The van der Waals surface area contributed by atoms with Crippen LogP contribution in [0.25, 0.3) is 10.9 Å². The van der Waals surface area contributed by atoms with Gasteiger partial charge in [0.15, 0.2) is 0 Å². The summed E-state index contributed by atoms with van der Waals surface area (Å²) < 4.78 is 19.3. The van der Waals surface area contributed by atoms with E-state index in [1.165, 1.54) is 6.07 Å². The molecule has 0 bridgehead atoms. The van der Waals surface area contributed by atoms with Gasteiger partial charge in [0.25, 0.3) is 0 Å². The Hall–Kier alpha value is -2.29. The number of rotatable bonds is 4. The van der Waals surface area contributed by atoms with Crippen LogP contribution in [0.15, 0.2) is 53.1 Å². The van der Waals surface area contributed by atoms with Crippen molar-refractivity contribution in [3.05, 3.63) is 59.0 Å². The second-order valence-electron chi connectivity index (χ2n) is 7.82. The molecule has 2 aliphatic heterocycles. The number of benzene rings is 1. The average Bonchev–Trinajstić information content (AvgIpc) is 2.78. The number of piperidine rings is 1. The van der Waals surface area contributed by atoms with Gasteiger partial charge >= 0.3 is 0 Å². The van der Waals surface area contributed by atoms with Crippen molar-refractivity contribution in [1.29, 1.82) is 0 Å². The quantitative estimate of drug-likeness (QED) is 0.582. The maximum atomic E-state index is 13.0. The predicted octanol–water partition coefficient (Wildman–Crippen LogP) is 3.78. The third-order valence-corrected chi connectivity index (χ3v) is 6.09. The largest absolute Gasteiger partial charge is 0.470 e. The first-order valence-electron chi connectivity index (χ1n) is 10.5. The molecule has 3 aromatic rings. The minimum absolute atomic E-state index is 0.0255. The molecule has 164 valence electrons. The van der Waals surface area contributed by atoms with Crippen molar-refractivity contribution in [1.82, 2.24) is 15.3 Å². The van der Waals surface area contributed by atoms with Crippen LogP contribution < -0.4 is 15.0 Å². The van der Waals surface area contributed by atoms with E-state index in [2.05, 4.69) is 42.2 Å². The third-order valence-electron chi connectivity index (χ3n) is 5.53. The monoisotopic (exact) mass is 488 g/mol. The van der Waals surface area contributed by atoms with Gasteiger partial charge in [-0.25, -0.2) is 14.4 Å². The zero-order valence-electron chi connectivity index (χ0n) is 17.2. The summed E-state index contributed by atoms with van der Waals surface area (Å²) in [5.41, 5.74) is 0.984. The van der Waals surface area contributed by atoms with Crippen LogP contribution >= 0.6 is 15.9 Å². The number of para-hydroxylation sites is 1. The molecule has 2 N–H and O–H groups in total. The molecular formula is C23H26BrFN4O2. The van der Waals surface area contributed by atoms with Crippen LogP contribution in [0.2, 0.25) is 0 Å². The number of pyridine rings is 2. The van der Waals surface area contributed by atoms with E-state index < -0.39 is 0 Å². The Kier molecular flexibility index (Phi) is 7.32. The fourth-order valence-corrected chi connectivity index (χ4v) is 4.06. The summed E-state index contributed by atoms with van der Waals surface area (Å²) in [5.74, 6) is 1.55. The summed E-state index contributed by atoms with van der Waals surface area (Å²) in [6.45, 7) is 4.02. The minimum atomic E-state index is -0.389. The number of halogens is 2. The van der Waals surface area contributed by atoms with E-state index in [1.54, 1.807) is 0 Å². The molecule has 0 spiro atoms. The first kappa shape index (κ1) is 21.9. The minimum Gasteiger partial charge on any atom is -0.470 e. The number of aliphatic hydroxyl groups excluding tert-OH is 1. The lowest BCUT2D eigenvalue weighted by molar-refractivity contribution is 0.158. The van der Waals surface area contributed by atoms with Crippen molar-refractivity contribution >= 4 is 32.7 Å². The lowest BCUT2D eigenvalue weighted by Crippen LogP contribution is -2.54. The van der Waals surface area contributed by atoms with Gasteiger partial charge in [0.2, 0.25) is 5.88 Å². The summed E-state index contributed by atoms with van der Waals surface area (Å²) in [6, 6.07) is 13.5. The van der Waals surface area contributed by atoms with Crippen molar-refractivity contribution in [2.75, 3.05) is 37.7 Å². The Morgan fingerprint density at radius 3 is 2.65 bits per heavy atom. The van der Waals surface area contributed by atoms with E-state index in [-0.39, 0.29) is 11.9 Å². The van der Waals surface area contributed by atoms with Gasteiger partial charge in [-0.15, -0.1) is 0 Å². The van der Waals surface area contributed by atoms with Crippen molar-refractivity contribution in [3.63, 3.8) is 0 Å². The van der Waals surface area contributed by atoms with Gasteiger partial charge in [0.05, 0.1) is 29.3 Å². The molecule has 1 aromatic carbocycles. The molecule has 0 aliphatic carbocycles. The van der Waals surface area contributed by atoms with Crippen LogP contribution in [0.4, 0.5) is 10.2 Å². The number of fused-ring (bicyclic) bond motifs is 1. The lowest BCUT2D eigenvalue weighted by Gasteiger charge is -2.39. The van der Waals surface area contributed by atoms with Crippen LogP contribution in [0.5, 0.6) is 5.88 Å². The first-order chi connectivity index (χ1) is 15.1. The van der Waals surface area contributed by atoms with Crippen LogP contribution in [-0.2, 0) is 0 Å². The Bertz CT molecular complexity index is 1010. The highest BCUT2D eigenvalue weighted by Gasteiger charge is 2.30. The van der Waals surface area contributed by atoms with Crippen molar-refractivity contribution < 1.29 is 14.2 Å². The number of anilines is 1. The topological polar surface area (TPSA) is 70.5 Å². The fourth-order valence-electron chi connectivity index (χ4n) is 3.64. The smallest absolute Gasteiger partial charge is 0.228 e. The molecule has 5 rings (SSSR count). The van der Waals surface area contributed by atoms with Gasteiger partial charge in [0.1, 0.15) is 17.7 Å². The van der Waals surface area contributed by atoms with Gasteiger partial charge in [-0.3, -0.25) is 0 Å². The number of hydrogen-bond acceptors (Lipinski definition) is 6. The Balaban J connectivity index is 0.000000245. The maximum absolute atomic E-state index is 13.0. The van der Waals surface area contributed by atoms with E-state index in [4.69, 9.17) is 9.84 Å². The molecule has 0 amide bonds. The van der Waals surface area contributed by atoms with E-state index in [0.717, 1.165) is 61.9 Å². The molecular weight excluding hydrogens is 463 g/mol. The highest BCUT2D eigenvalue weighted by atomic mass is 79.9. The molecule has 0 atom stereocenters. The third kappa shape index (κ3) is 5.70. The van der Waals surface area contributed by atoms with E-state index in [1.807, 2.05) is 30.3 Å². The molecule has 6 nitrogen and oxygen atoms in total. The van der Waals surface area contributed by atoms with E-state index in [0.29, 0.717) is 22.9 Å². The number of hydrogen-bond donors (Lipinski definition) is 2. The molecule has 2 aromatic heterocycles. The summed E-state index contributed by atoms with van der Waals surface area (Å²) in [6.07, 6.45) is 3.48. The molecule has 0 radical (unpaired) electrons. The number of aromatic nitrogens is 2. The lowest BCUT2D eigenvalue weighted by atomic mass is 10.00. The molecule has 2 saturated heterocycles. The molecule has 31 heavy (non-hydrogen) atoms. The van der Waals surface area contributed by atoms with Gasteiger partial charge in [-0.1, -0.05) is 18.2 Å². The zero-order chi connectivity index (χ0) is 21.6. The van der Waals surface area contributed by atoms with Crippen LogP contribution in [0, 0.1) is 11.7 Å². The van der Waals surface area contributed by atoms with E-state index >= 15 is 0 Å². The van der Waals surface area contributed by atoms with Gasteiger partial charge < -0.3 is 20.1 Å². The average molecular weight is 489 g/mol. The van der Waals surface area contributed by atoms with Crippen LogP contribution in [-0.4, -0.2) is 54.0 Å². The highest BCUT2D eigenvalue weighted by molar-refractivity contribution is 9.10. The zero-order valence-corrected chi connectivity index (χ0v) is 18.8. The van der Waals surface area contributed by atoms with Gasteiger partial charge in [-0.2, -0.15) is 0 Å². The number of nitrogens with one attached hydrogen (secondary N) is 1. The summed E-state index contributed by atoms with van der Waals surface area (Å²) in [5, 5.41) is 13.0. The van der Waals surface area contributed by atoms with Crippen LogP contribution in [0.1, 0.15) is 12.8 Å². The normalized spacial score (nSPS) is 17.1. The number of aliphatic hydroxyl groups is 1. The Labute approximate surface area is 189 Å². The van der Waals surface area contributed by atoms with Gasteiger partial charge in [-0.05, 0) is 72.0 Å². The maximum Gasteiger partial charge on any atom is 0.228 e. The second-order valence-corrected chi connectivity index (χ2v) is 8.68.